The summed E-state index contributed by atoms with van der Waals surface area (Å²) in [5.74, 6) is -1.11. The minimum atomic E-state index is -4.33. The highest BCUT2D eigenvalue weighted by Crippen LogP contribution is 2.26. The summed E-state index contributed by atoms with van der Waals surface area (Å²) in [4.78, 5) is 10.6. The first-order chi connectivity index (χ1) is 7.35. The highest BCUT2D eigenvalue weighted by atomic mass is 32.1. The van der Waals surface area contributed by atoms with E-state index in [-0.39, 0.29) is 10.4 Å². The van der Waals surface area contributed by atoms with Gasteiger partial charge in [-0.15, -0.1) is 11.3 Å². The van der Waals surface area contributed by atoms with Gasteiger partial charge in [0.15, 0.2) is 0 Å². The highest BCUT2D eigenvalue weighted by Gasteiger charge is 2.28. The summed E-state index contributed by atoms with van der Waals surface area (Å²) in [6.07, 6.45) is -3.14. The molecule has 2 aromatic rings. The van der Waals surface area contributed by atoms with Gasteiger partial charge in [0.1, 0.15) is 16.9 Å². The highest BCUT2D eigenvalue weighted by molar-refractivity contribution is 7.20. The van der Waals surface area contributed by atoms with Gasteiger partial charge in [0.25, 0.3) is 0 Å². The van der Waals surface area contributed by atoms with Crippen LogP contribution in [0.5, 0.6) is 0 Å². The molecule has 16 heavy (non-hydrogen) atoms. The third kappa shape index (κ3) is 2.16. The zero-order valence-corrected chi connectivity index (χ0v) is 8.47. The number of carboxylic acid groups (broad SMARTS) is 1. The Morgan fingerprint density at radius 3 is 2.75 bits per heavy atom. The van der Waals surface area contributed by atoms with E-state index in [1.165, 1.54) is 12.3 Å². The molecule has 8 heteroatoms. The molecule has 2 aromatic heterocycles. The lowest BCUT2D eigenvalue weighted by atomic mass is 10.4. The molecular weight excluding hydrogens is 245 g/mol. The molecule has 2 heterocycles. The molecule has 0 aliphatic heterocycles. The van der Waals surface area contributed by atoms with Crippen LogP contribution in [0.4, 0.5) is 13.2 Å². The maximum atomic E-state index is 12.0. The standard InChI is InChI=1S/C8H5F3N2O2S/c9-8(10,11)3-13-2-6-4(12-13)1-5(16-6)7(14)15/h1-2H,3H2,(H,14,15). The molecule has 0 aliphatic carbocycles. The van der Waals surface area contributed by atoms with E-state index in [1.807, 2.05) is 0 Å². The number of carbonyl (C=O) groups is 1. The second-order valence-electron chi connectivity index (χ2n) is 3.11. The Hall–Kier alpha value is -1.57. The first-order valence-electron chi connectivity index (χ1n) is 4.12. The maximum Gasteiger partial charge on any atom is 0.408 e. The first-order valence-corrected chi connectivity index (χ1v) is 4.94. The first kappa shape index (κ1) is 10.9. The molecule has 0 bridgehead atoms. The predicted molar refractivity (Wildman–Crippen MR) is 50.6 cm³/mol. The Balaban J connectivity index is 2.32. The zero-order valence-electron chi connectivity index (χ0n) is 7.65. The third-order valence-electron chi connectivity index (χ3n) is 1.79. The second-order valence-corrected chi connectivity index (χ2v) is 4.19. The Bertz CT molecular complexity index is 511. The Labute approximate surface area is 90.9 Å². The fourth-order valence-corrected chi connectivity index (χ4v) is 2.11. The number of aromatic carboxylic acids is 1. The fourth-order valence-electron chi connectivity index (χ4n) is 1.24. The molecule has 0 unspecified atom stereocenters. The van der Waals surface area contributed by atoms with E-state index in [0.29, 0.717) is 4.70 Å². The van der Waals surface area contributed by atoms with Crippen molar-refractivity contribution in [1.29, 1.82) is 0 Å². The van der Waals surface area contributed by atoms with Gasteiger partial charge in [-0.3, -0.25) is 4.68 Å². The van der Waals surface area contributed by atoms with Gasteiger partial charge in [-0.2, -0.15) is 18.3 Å². The average molecular weight is 250 g/mol. The van der Waals surface area contributed by atoms with Crippen molar-refractivity contribution in [2.45, 2.75) is 12.7 Å². The van der Waals surface area contributed by atoms with E-state index < -0.39 is 18.7 Å². The molecule has 0 saturated carbocycles. The van der Waals surface area contributed by atoms with Crippen molar-refractivity contribution in [2.75, 3.05) is 0 Å². The van der Waals surface area contributed by atoms with E-state index in [9.17, 15) is 18.0 Å². The quantitative estimate of drug-likeness (QED) is 0.890. The van der Waals surface area contributed by atoms with Gasteiger partial charge in [0.05, 0.1) is 4.70 Å². The van der Waals surface area contributed by atoms with Gasteiger partial charge in [0.2, 0.25) is 0 Å². The zero-order chi connectivity index (χ0) is 11.9. The van der Waals surface area contributed by atoms with Crippen molar-refractivity contribution in [3.8, 4) is 0 Å². The minimum absolute atomic E-state index is 0.0664. The van der Waals surface area contributed by atoms with Crippen molar-refractivity contribution >= 4 is 27.5 Å². The molecule has 4 nitrogen and oxygen atoms in total. The predicted octanol–water partition coefficient (Wildman–Crippen LogP) is 2.36. The van der Waals surface area contributed by atoms with Crippen molar-refractivity contribution in [2.24, 2.45) is 0 Å². The second kappa shape index (κ2) is 3.48. The molecule has 0 aliphatic rings. The van der Waals surface area contributed by atoms with E-state index >= 15 is 0 Å². The van der Waals surface area contributed by atoms with Crippen LogP contribution in [-0.2, 0) is 6.54 Å². The van der Waals surface area contributed by atoms with Crippen LogP contribution < -0.4 is 0 Å². The molecule has 0 spiro atoms. The number of hydrogen-bond acceptors (Lipinski definition) is 3. The molecule has 0 amide bonds. The number of hydrogen-bond donors (Lipinski definition) is 1. The van der Waals surface area contributed by atoms with Crippen LogP contribution in [0.25, 0.3) is 10.2 Å². The number of halogens is 3. The van der Waals surface area contributed by atoms with Crippen LogP contribution in [0.1, 0.15) is 9.67 Å². The fraction of sp³-hybridized carbons (Fsp3) is 0.250. The van der Waals surface area contributed by atoms with Gasteiger partial charge in [0, 0.05) is 6.20 Å². The smallest absolute Gasteiger partial charge is 0.408 e. The molecule has 1 N–H and O–H groups in total. The van der Waals surface area contributed by atoms with Gasteiger partial charge in [-0.1, -0.05) is 0 Å². The number of thiophene rings is 1. The number of rotatable bonds is 2. The van der Waals surface area contributed by atoms with Crippen LogP contribution in [0.15, 0.2) is 12.3 Å². The number of aromatic nitrogens is 2. The number of nitrogens with zero attached hydrogens (tertiary/aromatic N) is 2. The molecule has 0 radical (unpaired) electrons. The van der Waals surface area contributed by atoms with Crippen molar-refractivity contribution in [1.82, 2.24) is 9.78 Å². The van der Waals surface area contributed by atoms with E-state index in [2.05, 4.69) is 5.10 Å². The lowest BCUT2D eigenvalue weighted by Crippen LogP contribution is -2.17. The summed E-state index contributed by atoms with van der Waals surface area (Å²) in [5, 5.41) is 12.3. The van der Waals surface area contributed by atoms with Gasteiger partial charge < -0.3 is 5.11 Å². The van der Waals surface area contributed by atoms with E-state index in [1.54, 1.807) is 0 Å². The maximum absolute atomic E-state index is 12.0. The van der Waals surface area contributed by atoms with Crippen molar-refractivity contribution in [3.63, 3.8) is 0 Å². The Morgan fingerprint density at radius 1 is 1.56 bits per heavy atom. The number of fused-ring (bicyclic) bond motifs is 1. The van der Waals surface area contributed by atoms with Crippen molar-refractivity contribution in [3.05, 3.63) is 17.1 Å². The molecule has 0 atom stereocenters. The number of alkyl halides is 3. The largest absolute Gasteiger partial charge is 0.477 e. The molecular formula is C8H5F3N2O2S. The summed E-state index contributed by atoms with van der Waals surface area (Å²) >= 11 is 0.902. The molecule has 0 fully saturated rings. The SMILES string of the molecule is O=C(O)c1cc2nn(CC(F)(F)F)cc2s1. The van der Waals surface area contributed by atoms with Crippen LogP contribution in [-0.4, -0.2) is 27.0 Å². The Kier molecular flexibility index (Phi) is 2.38. The van der Waals surface area contributed by atoms with Crippen LogP contribution in [0.3, 0.4) is 0 Å². The lowest BCUT2D eigenvalue weighted by molar-refractivity contribution is -0.142. The average Bonchev–Trinajstić information content (AvgIpc) is 2.56. The van der Waals surface area contributed by atoms with Crippen LogP contribution in [0.2, 0.25) is 0 Å². The number of carboxylic acids is 1. The summed E-state index contributed by atoms with van der Waals surface area (Å²) in [6.45, 7) is -1.17. The summed E-state index contributed by atoms with van der Waals surface area (Å²) in [5.41, 5.74) is 0.270. The van der Waals surface area contributed by atoms with E-state index in [0.717, 1.165) is 16.0 Å². The van der Waals surface area contributed by atoms with Crippen LogP contribution in [0, 0.1) is 0 Å². The Morgan fingerprint density at radius 2 is 2.25 bits per heavy atom. The monoisotopic (exact) mass is 250 g/mol. The molecule has 0 saturated heterocycles. The topological polar surface area (TPSA) is 55.1 Å². The summed E-state index contributed by atoms with van der Waals surface area (Å²) < 4.78 is 37.3. The lowest BCUT2D eigenvalue weighted by Gasteiger charge is -2.04. The van der Waals surface area contributed by atoms with Crippen LogP contribution >= 0.6 is 11.3 Å². The summed E-state index contributed by atoms with van der Waals surface area (Å²) in [7, 11) is 0. The van der Waals surface area contributed by atoms with E-state index in [4.69, 9.17) is 5.11 Å². The van der Waals surface area contributed by atoms with Gasteiger partial charge in [-0.25, -0.2) is 4.79 Å². The third-order valence-corrected chi connectivity index (χ3v) is 2.84. The molecule has 2 rings (SSSR count). The summed E-state index contributed by atoms with van der Waals surface area (Å²) in [6, 6.07) is 1.26. The molecule has 86 valence electrons. The normalized spacial score (nSPS) is 12.2. The minimum Gasteiger partial charge on any atom is -0.477 e. The van der Waals surface area contributed by atoms with Gasteiger partial charge >= 0.3 is 12.1 Å². The van der Waals surface area contributed by atoms with Gasteiger partial charge in [-0.05, 0) is 6.07 Å². The molecule has 0 aromatic carbocycles. The van der Waals surface area contributed by atoms with Crippen molar-refractivity contribution < 1.29 is 23.1 Å².